The molecule has 0 radical (unpaired) electrons. The monoisotopic (exact) mass is 241 g/mol. The topological polar surface area (TPSA) is 29.5 Å². The van der Waals surface area contributed by atoms with E-state index < -0.39 is 10.8 Å². The van der Waals surface area contributed by atoms with E-state index in [2.05, 4.69) is 0 Å². The first kappa shape index (κ1) is 12.8. The molecule has 0 amide bonds. The molecular formula is C12H16ClNO2. The number of nitrogens with zero attached hydrogens (tertiary/aromatic N) is 1. The van der Waals surface area contributed by atoms with Crippen LogP contribution in [0.25, 0.3) is 0 Å². The van der Waals surface area contributed by atoms with Gasteiger partial charge in [0.25, 0.3) is 5.24 Å². The van der Waals surface area contributed by atoms with Crippen molar-refractivity contribution in [2.75, 3.05) is 19.0 Å². The highest BCUT2D eigenvalue weighted by Crippen LogP contribution is 2.24. The Kier molecular flexibility index (Phi) is 3.81. The fourth-order valence-corrected chi connectivity index (χ4v) is 1.20. The first-order chi connectivity index (χ1) is 7.33. The van der Waals surface area contributed by atoms with Crippen LogP contribution in [0.15, 0.2) is 24.3 Å². The highest BCUT2D eigenvalue weighted by atomic mass is 35.5. The summed E-state index contributed by atoms with van der Waals surface area (Å²) < 4.78 is 5.55. The molecule has 0 saturated heterocycles. The van der Waals surface area contributed by atoms with Crippen LogP contribution >= 0.6 is 11.6 Å². The van der Waals surface area contributed by atoms with Crippen LogP contribution in [0.4, 0.5) is 5.69 Å². The van der Waals surface area contributed by atoms with Gasteiger partial charge in [-0.15, -0.1) is 0 Å². The quantitative estimate of drug-likeness (QED) is 0.759. The minimum Gasteiger partial charge on any atom is -0.479 e. The molecule has 16 heavy (non-hydrogen) atoms. The number of benzene rings is 1. The fraction of sp³-hybridized carbons (Fsp3) is 0.417. The van der Waals surface area contributed by atoms with Crippen molar-refractivity contribution in [2.24, 2.45) is 0 Å². The van der Waals surface area contributed by atoms with Crippen LogP contribution < -0.4 is 9.64 Å². The molecule has 0 aliphatic carbocycles. The SMILES string of the molecule is CN(C)c1cccc(OC(C)(C)C(=O)Cl)c1. The zero-order chi connectivity index (χ0) is 12.3. The molecule has 1 rings (SSSR count). The molecule has 1 aromatic carbocycles. The number of ether oxygens (including phenoxy) is 1. The Morgan fingerprint density at radius 3 is 2.50 bits per heavy atom. The number of halogens is 1. The highest BCUT2D eigenvalue weighted by Gasteiger charge is 2.28. The Morgan fingerprint density at radius 1 is 1.38 bits per heavy atom. The van der Waals surface area contributed by atoms with E-state index >= 15 is 0 Å². The molecule has 0 aromatic heterocycles. The van der Waals surface area contributed by atoms with Gasteiger partial charge < -0.3 is 9.64 Å². The number of carbonyl (C=O) groups excluding carboxylic acids is 1. The average molecular weight is 242 g/mol. The fourth-order valence-electron chi connectivity index (χ4n) is 1.16. The van der Waals surface area contributed by atoms with Crippen molar-refractivity contribution in [3.8, 4) is 5.75 Å². The average Bonchev–Trinajstić information content (AvgIpc) is 2.17. The predicted molar refractivity (Wildman–Crippen MR) is 66.3 cm³/mol. The molecule has 4 heteroatoms. The third-order valence-electron chi connectivity index (χ3n) is 2.18. The number of hydrogen-bond donors (Lipinski definition) is 0. The van der Waals surface area contributed by atoms with Gasteiger partial charge in [-0.25, -0.2) is 0 Å². The van der Waals surface area contributed by atoms with E-state index in [0.29, 0.717) is 5.75 Å². The summed E-state index contributed by atoms with van der Waals surface area (Å²) >= 11 is 5.45. The maximum absolute atomic E-state index is 11.1. The van der Waals surface area contributed by atoms with E-state index in [4.69, 9.17) is 16.3 Å². The highest BCUT2D eigenvalue weighted by molar-refractivity contribution is 6.65. The molecule has 0 aliphatic heterocycles. The first-order valence-corrected chi connectivity index (χ1v) is 5.37. The molecular weight excluding hydrogens is 226 g/mol. The van der Waals surface area contributed by atoms with Gasteiger partial charge in [-0.1, -0.05) is 6.07 Å². The van der Waals surface area contributed by atoms with Crippen molar-refractivity contribution in [1.82, 2.24) is 0 Å². The lowest BCUT2D eigenvalue weighted by Crippen LogP contribution is -2.34. The van der Waals surface area contributed by atoms with Gasteiger partial charge in [0.15, 0.2) is 5.60 Å². The molecule has 0 bridgehead atoms. The van der Waals surface area contributed by atoms with Crippen LogP contribution in [-0.2, 0) is 4.79 Å². The van der Waals surface area contributed by atoms with Crippen LogP contribution in [0.1, 0.15) is 13.8 Å². The van der Waals surface area contributed by atoms with Crippen molar-refractivity contribution in [3.05, 3.63) is 24.3 Å². The maximum Gasteiger partial charge on any atom is 0.264 e. The largest absolute Gasteiger partial charge is 0.479 e. The normalized spacial score (nSPS) is 11.1. The van der Waals surface area contributed by atoms with E-state index in [0.717, 1.165) is 5.69 Å². The number of hydrogen-bond acceptors (Lipinski definition) is 3. The lowest BCUT2D eigenvalue weighted by Gasteiger charge is -2.23. The summed E-state index contributed by atoms with van der Waals surface area (Å²) in [5, 5.41) is -0.511. The van der Waals surface area contributed by atoms with Crippen LogP contribution in [0.3, 0.4) is 0 Å². The molecule has 3 nitrogen and oxygen atoms in total. The number of rotatable bonds is 4. The molecule has 1 aromatic rings. The smallest absolute Gasteiger partial charge is 0.264 e. The van der Waals surface area contributed by atoms with Gasteiger partial charge in [0.05, 0.1) is 0 Å². The third-order valence-corrected chi connectivity index (χ3v) is 2.64. The minimum absolute atomic E-state index is 0.511. The van der Waals surface area contributed by atoms with E-state index in [1.165, 1.54) is 0 Å². The van der Waals surface area contributed by atoms with Gasteiger partial charge in [0.1, 0.15) is 5.75 Å². The Hall–Kier alpha value is -1.22. The van der Waals surface area contributed by atoms with Crippen LogP contribution in [0.5, 0.6) is 5.75 Å². The molecule has 0 aliphatic rings. The Labute approximate surface area is 101 Å². The molecule has 0 unspecified atom stereocenters. The molecule has 0 fully saturated rings. The summed E-state index contributed by atoms with van der Waals surface area (Å²) in [6.07, 6.45) is 0. The second-order valence-electron chi connectivity index (χ2n) is 4.28. The van der Waals surface area contributed by atoms with E-state index in [-0.39, 0.29) is 0 Å². The van der Waals surface area contributed by atoms with Crippen molar-refractivity contribution >= 4 is 22.5 Å². The summed E-state index contributed by atoms with van der Waals surface area (Å²) in [5.41, 5.74) is 0.00211. The lowest BCUT2D eigenvalue weighted by molar-refractivity contribution is -0.123. The van der Waals surface area contributed by atoms with Gasteiger partial charge in [-0.2, -0.15) is 0 Å². The third kappa shape index (κ3) is 3.14. The zero-order valence-corrected chi connectivity index (χ0v) is 10.7. The van der Waals surface area contributed by atoms with Gasteiger partial charge in [0.2, 0.25) is 0 Å². The molecule has 88 valence electrons. The van der Waals surface area contributed by atoms with Crippen LogP contribution in [-0.4, -0.2) is 24.9 Å². The summed E-state index contributed by atoms with van der Waals surface area (Å²) in [4.78, 5) is 13.1. The predicted octanol–water partition coefficient (Wildman–Crippen LogP) is 2.68. The van der Waals surface area contributed by atoms with Crippen molar-refractivity contribution < 1.29 is 9.53 Å². The van der Waals surface area contributed by atoms with Crippen molar-refractivity contribution in [1.29, 1.82) is 0 Å². The maximum atomic E-state index is 11.1. The summed E-state index contributed by atoms with van der Waals surface area (Å²) in [5.74, 6) is 0.630. The number of anilines is 1. The van der Waals surface area contributed by atoms with E-state index in [9.17, 15) is 4.79 Å². The lowest BCUT2D eigenvalue weighted by atomic mass is 10.1. The van der Waals surface area contributed by atoms with Crippen LogP contribution in [0.2, 0.25) is 0 Å². The van der Waals surface area contributed by atoms with Crippen molar-refractivity contribution in [2.45, 2.75) is 19.4 Å². The van der Waals surface area contributed by atoms with Gasteiger partial charge in [-0.3, -0.25) is 4.79 Å². The Bertz CT molecular complexity index is 388. The second kappa shape index (κ2) is 4.74. The van der Waals surface area contributed by atoms with E-state index in [1.807, 2.05) is 37.2 Å². The minimum atomic E-state index is -1.01. The Morgan fingerprint density at radius 2 is 2.00 bits per heavy atom. The molecule has 0 saturated carbocycles. The molecule has 0 atom stereocenters. The molecule has 0 N–H and O–H groups in total. The summed E-state index contributed by atoms with van der Waals surface area (Å²) in [7, 11) is 3.88. The summed E-state index contributed by atoms with van der Waals surface area (Å²) in [6.45, 7) is 3.29. The Balaban J connectivity index is 2.90. The van der Waals surface area contributed by atoms with E-state index in [1.54, 1.807) is 19.9 Å². The first-order valence-electron chi connectivity index (χ1n) is 4.99. The summed E-state index contributed by atoms with van der Waals surface area (Å²) in [6, 6.07) is 7.50. The van der Waals surface area contributed by atoms with Gasteiger partial charge in [0, 0.05) is 25.8 Å². The zero-order valence-electron chi connectivity index (χ0n) is 9.95. The molecule has 0 spiro atoms. The van der Waals surface area contributed by atoms with Gasteiger partial charge >= 0.3 is 0 Å². The second-order valence-corrected chi connectivity index (χ2v) is 4.62. The molecule has 0 heterocycles. The number of carbonyl (C=O) groups is 1. The van der Waals surface area contributed by atoms with Crippen molar-refractivity contribution in [3.63, 3.8) is 0 Å². The standard InChI is InChI=1S/C12H16ClNO2/c1-12(2,11(13)15)16-10-7-5-6-9(8-10)14(3)4/h5-8H,1-4H3. The van der Waals surface area contributed by atoms with Gasteiger partial charge in [-0.05, 0) is 37.6 Å². The van der Waals surface area contributed by atoms with Crippen LogP contribution in [0, 0.1) is 0 Å².